The van der Waals surface area contributed by atoms with Gasteiger partial charge in [0.1, 0.15) is 0 Å². The van der Waals surface area contributed by atoms with Crippen LogP contribution in [0.1, 0.15) is 25.3 Å². The predicted octanol–water partition coefficient (Wildman–Crippen LogP) is 2.56. The second-order valence-corrected chi connectivity index (χ2v) is 5.31. The second kappa shape index (κ2) is 6.79. The largest absolute Gasteiger partial charge is 0.493 e. The molecule has 0 amide bonds. The Bertz CT molecular complexity index is 475. The molecule has 2 rings (SSSR count). The van der Waals surface area contributed by atoms with Crippen molar-refractivity contribution >= 4 is 17.3 Å². The Morgan fingerprint density at radius 2 is 2.00 bits per heavy atom. The lowest BCUT2D eigenvalue weighted by Crippen LogP contribution is -2.40. The van der Waals surface area contributed by atoms with Crippen LogP contribution in [0.3, 0.4) is 0 Å². The van der Waals surface area contributed by atoms with E-state index >= 15 is 0 Å². The molecule has 0 atom stereocenters. The summed E-state index contributed by atoms with van der Waals surface area (Å²) in [7, 11) is 3.29. The molecule has 0 saturated heterocycles. The van der Waals surface area contributed by atoms with E-state index in [1.54, 1.807) is 14.2 Å². The highest BCUT2D eigenvalue weighted by molar-refractivity contribution is 7.80. The first-order valence-electron chi connectivity index (χ1n) is 6.94. The van der Waals surface area contributed by atoms with Crippen LogP contribution in [-0.2, 0) is 6.54 Å². The van der Waals surface area contributed by atoms with Gasteiger partial charge in [0, 0.05) is 19.1 Å². The molecule has 1 aliphatic rings. The van der Waals surface area contributed by atoms with Gasteiger partial charge in [-0.1, -0.05) is 6.07 Å². The number of nitrogens with zero attached hydrogens (tertiary/aromatic N) is 1. The number of hydrogen-bond acceptors (Lipinski definition) is 3. The van der Waals surface area contributed by atoms with E-state index < -0.39 is 0 Å². The van der Waals surface area contributed by atoms with Crippen LogP contribution < -0.4 is 14.8 Å². The van der Waals surface area contributed by atoms with Crippen molar-refractivity contribution in [3.05, 3.63) is 23.8 Å². The van der Waals surface area contributed by atoms with Gasteiger partial charge in [-0.25, -0.2) is 0 Å². The van der Waals surface area contributed by atoms with Crippen molar-refractivity contribution in [3.63, 3.8) is 0 Å². The molecule has 1 aromatic carbocycles. The molecule has 1 aliphatic carbocycles. The minimum atomic E-state index is 0.585. The zero-order valence-corrected chi connectivity index (χ0v) is 13.1. The number of benzene rings is 1. The molecule has 1 N–H and O–H groups in total. The lowest BCUT2D eigenvalue weighted by atomic mass is 10.2. The van der Waals surface area contributed by atoms with E-state index in [0.29, 0.717) is 6.04 Å². The molecule has 0 spiro atoms. The van der Waals surface area contributed by atoms with E-state index in [1.165, 1.54) is 12.8 Å². The molecule has 0 aliphatic heterocycles. The van der Waals surface area contributed by atoms with Crippen molar-refractivity contribution < 1.29 is 9.47 Å². The van der Waals surface area contributed by atoms with Crippen molar-refractivity contribution in [2.75, 3.05) is 20.8 Å². The smallest absolute Gasteiger partial charge is 0.169 e. The topological polar surface area (TPSA) is 33.7 Å². The fourth-order valence-electron chi connectivity index (χ4n) is 2.02. The van der Waals surface area contributed by atoms with Crippen LogP contribution in [0.25, 0.3) is 0 Å². The highest BCUT2D eigenvalue weighted by atomic mass is 32.1. The molecular formula is C15H22N2O2S. The number of methoxy groups -OCH3 is 2. The third kappa shape index (κ3) is 3.76. The van der Waals surface area contributed by atoms with Gasteiger partial charge in [-0.3, -0.25) is 0 Å². The van der Waals surface area contributed by atoms with Crippen LogP contribution >= 0.6 is 12.2 Å². The number of ether oxygens (including phenoxy) is 2. The van der Waals surface area contributed by atoms with Gasteiger partial charge in [-0.15, -0.1) is 0 Å². The SMILES string of the molecule is CCN(Cc1ccc(OC)c(OC)c1)C(=S)NC1CC1. The Kier molecular flexibility index (Phi) is 5.06. The molecule has 1 aromatic rings. The summed E-state index contributed by atoms with van der Waals surface area (Å²) in [6.07, 6.45) is 2.46. The summed E-state index contributed by atoms with van der Waals surface area (Å²) in [4.78, 5) is 2.16. The van der Waals surface area contributed by atoms with Crippen molar-refractivity contribution in [2.45, 2.75) is 32.4 Å². The minimum Gasteiger partial charge on any atom is -0.493 e. The summed E-state index contributed by atoms with van der Waals surface area (Å²) in [6.45, 7) is 3.77. The number of rotatable bonds is 6. The summed E-state index contributed by atoms with van der Waals surface area (Å²) in [5, 5.41) is 4.22. The minimum absolute atomic E-state index is 0.585. The average Bonchev–Trinajstić information content (AvgIpc) is 3.28. The maximum Gasteiger partial charge on any atom is 0.169 e. The molecule has 0 aromatic heterocycles. The van der Waals surface area contributed by atoms with Crippen molar-refractivity contribution in [1.29, 1.82) is 0 Å². The zero-order valence-electron chi connectivity index (χ0n) is 12.3. The third-order valence-electron chi connectivity index (χ3n) is 3.40. The first-order valence-corrected chi connectivity index (χ1v) is 7.35. The number of nitrogens with one attached hydrogen (secondary N) is 1. The van der Waals surface area contributed by atoms with E-state index in [2.05, 4.69) is 17.1 Å². The summed E-state index contributed by atoms with van der Waals surface area (Å²) >= 11 is 5.46. The zero-order chi connectivity index (χ0) is 14.5. The Balaban J connectivity index is 2.04. The predicted molar refractivity (Wildman–Crippen MR) is 84.4 cm³/mol. The summed E-state index contributed by atoms with van der Waals surface area (Å²) in [5.74, 6) is 1.50. The van der Waals surface area contributed by atoms with E-state index in [4.69, 9.17) is 21.7 Å². The first-order chi connectivity index (χ1) is 9.67. The molecule has 5 heteroatoms. The van der Waals surface area contributed by atoms with Crippen LogP contribution in [0.4, 0.5) is 0 Å². The van der Waals surface area contributed by atoms with E-state index in [-0.39, 0.29) is 0 Å². The maximum absolute atomic E-state index is 5.46. The van der Waals surface area contributed by atoms with Crippen LogP contribution in [-0.4, -0.2) is 36.8 Å². The fourth-order valence-corrected chi connectivity index (χ4v) is 2.38. The van der Waals surface area contributed by atoms with Crippen molar-refractivity contribution in [3.8, 4) is 11.5 Å². The van der Waals surface area contributed by atoms with Gasteiger partial charge in [-0.05, 0) is 49.7 Å². The molecule has 0 unspecified atom stereocenters. The Morgan fingerprint density at radius 1 is 1.30 bits per heavy atom. The maximum atomic E-state index is 5.46. The normalized spacial score (nSPS) is 13.8. The van der Waals surface area contributed by atoms with Gasteiger partial charge in [0.05, 0.1) is 14.2 Å². The van der Waals surface area contributed by atoms with Gasteiger partial charge in [-0.2, -0.15) is 0 Å². The average molecular weight is 294 g/mol. The molecule has 1 fully saturated rings. The molecule has 4 nitrogen and oxygen atoms in total. The Labute approximate surface area is 126 Å². The van der Waals surface area contributed by atoms with Crippen molar-refractivity contribution in [2.24, 2.45) is 0 Å². The lowest BCUT2D eigenvalue weighted by Gasteiger charge is -2.24. The van der Waals surface area contributed by atoms with Crippen LogP contribution in [0, 0.1) is 0 Å². The van der Waals surface area contributed by atoms with Crippen LogP contribution in [0.15, 0.2) is 18.2 Å². The van der Waals surface area contributed by atoms with Gasteiger partial charge in [0.2, 0.25) is 0 Å². The number of thiocarbonyl (C=S) groups is 1. The summed E-state index contributed by atoms with van der Waals surface area (Å²) in [5.41, 5.74) is 1.16. The first kappa shape index (κ1) is 14.9. The van der Waals surface area contributed by atoms with Crippen LogP contribution in [0.5, 0.6) is 11.5 Å². The molecule has 0 heterocycles. The Hall–Kier alpha value is -1.49. The summed E-state index contributed by atoms with van der Waals surface area (Å²) < 4.78 is 10.6. The fraction of sp³-hybridized carbons (Fsp3) is 0.533. The van der Waals surface area contributed by atoms with E-state index in [0.717, 1.165) is 35.3 Å². The van der Waals surface area contributed by atoms with Crippen molar-refractivity contribution in [1.82, 2.24) is 10.2 Å². The highest BCUT2D eigenvalue weighted by Crippen LogP contribution is 2.28. The highest BCUT2D eigenvalue weighted by Gasteiger charge is 2.23. The van der Waals surface area contributed by atoms with Crippen LogP contribution in [0.2, 0.25) is 0 Å². The second-order valence-electron chi connectivity index (χ2n) is 4.93. The van der Waals surface area contributed by atoms with Gasteiger partial charge >= 0.3 is 0 Å². The quantitative estimate of drug-likeness (QED) is 0.816. The molecule has 110 valence electrons. The monoisotopic (exact) mass is 294 g/mol. The van der Waals surface area contributed by atoms with Gasteiger partial charge in [0.25, 0.3) is 0 Å². The standard InChI is InChI=1S/C15H22N2O2S/c1-4-17(15(20)16-12-6-7-12)10-11-5-8-13(18-2)14(9-11)19-3/h5,8-9,12H,4,6-7,10H2,1-3H3,(H,16,20). The molecule has 0 radical (unpaired) electrons. The summed E-state index contributed by atoms with van der Waals surface area (Å²) in [6, 6.07) is 6.56. The third-order valence-corrected chi connectivity index (χ3v) is 3.77. The molecule has 0 bridgehead atoms. The van der Waals surface area contributed by atoms with E-state index in [1.807, 2.05) is 18.2 Å². The van der Waals surface area contributed by atoms with Gasteiger partial charge in [0.15, 0.2) is 16.6 Å². The molecule has 1 saturated carbocycles. The number of hydrogen-bond donors (Lipinski definition) is 1. The Morgan fingerprint density at radius 3 is 2.55 bits per heavy atom. The van der Waals surface area contributed by atoms with Gasteiger partial charge < -0.3 is 19.7 Å². The molecule has 20 heavy (non-hydrogen) atoms. The lowest BCUT2D eigenvalue weighted by molar-refractivity contribution is 0.353. The van der Waals surface area contributed by atoms with E-state index in [9.17, 15) is 0 Å². The molecular weight excluding hydrogens is 272 g/mol.